The number of fused-ring (bicyclic) bond motifs is 1. The lowest BCUT2D eigenvalue weighted by Gasteiger charge is -2.16. The average molecular weight is 479 g/mol. The predicted molar refractivity (Wildman–Crippen MR) is 120 cm³/mol. The van der Waals surface area contributed by atoms with Crippen LogP contribution in [-0.2, 0) is 11.5 Å². The van der Waals surface area contributed by atoms with Crippen molar-refractivity contribution in [1.29, 1.82) is 0 Å². The summed E-state index contributed by atoms with van der Waals surface area (Å²) in [6.45, 7) is 7.59. The van der Waals surface area contributed by atoms with Gasteiger partial charge in [-0.25, -0.2) is 9.37 Å². The van der Waals surface area contributed by atoms with E-state index in [1.165, 1.54) is 30.1 Å². The summed E-state index contributed by atoms with van der Waals surface area (Å²) in [6.07, 6.45) is 1.48. The molecule has 2 aromatic carbocycles. The molecule has 1 aromatic heterocycles. The molecule has 3 rings (SSSR count). The van der Waals surface area contributed by atoms with Crippen molar-refractivity contribution in [2.75, 3.05) is 13.7 Å². The van der Waals surface area contributed by atoms with E-state index in [-0.39, 0.29) is 18.1 Å². The zero-order valence-electron chi connectivity index (χ0n) is 17.0. The molecule has 0 unspecified atom stereocenters. The first kappa shape index (κ1) is 21.7. The molecular weight excluding hydrogens is 455 g/mol. The Morgan fingerprint density at radius 2 is 1.90 bits per heavy atom. The SMILES string of the molecule is COc1cc(-c2ccc(F)cc2)c(Br)c2c(=O)n(COCC[Si](C)(C)C)cnc12. The second-order valence-electron chi connectivity index (χ2n) is 8.04. The standard InChI is InChI=1S/C21H24BrFN2O3Si/c1-27-17-11-16(14-5-7-15(23)8-6-14)19(22)18-20(17)24-12-25(21(18)26)13-28-9-10-29(2,3)4/h5-8,11-12H,9-10,13H2,1-4H3. The van der Waals surface area contributed by atoms with Gasteiger partial charge in [-0.1, -0.05) is 31.8 Å². The van der Waals surface area contributed by atoms with Crippen LogP contribution in [0, 0.1) is 5.82 Å². The van der Waals surface area contributed by atoms with Crippen LogP contribution < -0.4 is 10.3 Å². The Morgan fingerprint density at radius 1 is 1.21 bits per heavy atom. The predicted octanol–water partition coefficient (Wildman–Crippen LogP) is 5.29. The van der Waals surface area contributed by atoms with Gasteiger partial charge in [0.2, 0.25) is 0 Å². The quantitative estimate of drug-likeness (QED) is 0.342. The number of halogens is 2. The topological polar surface area (TPSA) is 53.4 Å². The smallest absolute Gasteiger partial charge is 0.264 e. The fourth-order valence-corrected chi connectivity index (χ4v) is 4.36. The number of methoxy groups -OCH3 is 1. The molecule has 0 N–H and O–H groups in total. The highest BCUT2D eigenvalue weighted by atomic mass is 79.9. The number of hydrogen-bond donors (Lipinski definition) is 0. The Kier molecular flexibility index (Phi) is 6.55. The highest BCUT2D eigenvalue weighted by Crippen LogP contribution is 2.37. The second-order valence-corrected chi connectivity index (χ2v) is 14.5. The second kappa shape index (κ2) is 8.77. The van der Waals surface area contributed by atoms with Gasteiger partial charge in [0, 0.05) is 24.7 Å². The summed E-state index contributed by atoms with van der Waals surface area (Å²) in [4.78, 5) is 17.6. The molecular formula is C21H24BrFN2O3Si. The number of aromatic nitrogens is 2. The van der Waals surface area contributed by atoms with Gasteiger partial charge < -0.3 is 9.47 Å². The maximum Gasteiger partial charge on any atom is 0.264 e. The molecule has 0 saturated heterocycles. The molecule has 0 spiro atoms. The first-order valence-electron chi connectivity index (χ1n) is 9.30. The maximum atomic E-state index is 13.3. The fraction of sp³-hybridized carbons (Fsp3) is 0.333. The molecule has 0 saturated carbocycles. The van der Waals surface area contributed by atoms with Gasteiger partial charge in [0.15, 0.2) is 0 Å². The van der Waals surface area contributed by atoms with Crippen LogP contribution in [-0.4, -0.2) is 31.3 Å². The Balaban J connectivity index is 2.04. The lowest BCUT2D eigenvalue weighted by molar-refractivity contribution is 0.0844. The van der Waals surface area contributed by atoms with Crippen molar-refractivity contribution in [3.8, 4) is 16.9 Å². The molecule has 29 heavy (non-hydrogen) atoms. The number of rotatable bonds is 7. The van der Waals surface area contributed by atoms with Gasteiger partial charge in [-0.3, -0.25) is 9.36 Å². The van der Waals surface area contributed by atoms with Crippen molar-refractivity contribution in [3.63, 3.8) is 0 Å². The van der Waals surface area contributed by atoms with E-state index >= 15 is 0 Å². The normalized spacial score (nSPS) is 11.8. The van der Waals surface area contributed by atoms with Gasteiger partial charge in [0.05, 0.1) is 12.5 Å². The first-order valence-corrected chi connectivity index (χ1v) is 13.8. The molecule has 1 heterocycles. The molecule has 154 valence electrons. The van der Waals surface area contributed by atoms with Crippen LogP contribution in [0.5, 0.6) is 5.75 Å². The third kappa shape index (κ3) is 4.94. The van der Waals surface area contributed by atoms with Gasteiger partial charge >= 0.3 is 0 Å². The molecule has 0 aliphatic rings. The summed E-state index contributed by atoms with van der Waals surface area (Å²) >= 11 is 3.56. The van der Waals surface area contributed by atoms with E-state index in [9.17, 15) is 9.18 Å². The van der Waals surface area contributed by atoms with Crippen LogP contribution >= 0.6 is 15.9 Å². The van der Waals surface area contributed by atoms with Gasteiger partial charge in [0.1, 0.15) is 30.1 Å². The van der Waals surface area contributed by atoms with Crippen LogP contribution in [0.1, 0.15) is 0 Å². The molecule has 0 aliphatic heterocycles. The molecule has 3 aromatic rings. The van der Waals surface area contributed by atoms with Crippen molar-refractivity contribution in [1.82, 2.24) is 9.55 Å². The van der Waals surface area contributed by atoms with Crippen molar-refractivity contribution < 1.29 is 13.9 Å². The largest absolute Gasteiger partial charge is 0.494 e. The van der Waals surface area contributed by atoms with E-state index in [4.69, 9.17) is 9.47 Å². The Labute approximate surface area is 178 Å². The van der Waals surface area contributed by atoms with Crippen molar-refractivity contribution in [2.45, 2.75) is 32.4 Å². The van der Waals surface area contributed by atoms with E-state index in [0.29, 0.717) is 27.7 Å². The lowest BCUT2D eigenvalue weighted by Crippen LogP contribution is -2.25. The summed E-state index contributed by atoms with van der Waals surface area (Å²) in [5.74, 6) is 0.156. The Bertz CT molecular complexity index is 1080. The lowest BCUT2D eigenvalue weighted by atomic mass is 10.0. The van der Waals surface area contributed by atoms with Gasteiger partial charge in [0.25, 0.3) is 5.56 Å². The van der Waals surface area contributed by atoms with Crippen molar-refractivity contribution in [3.05, 3.63) is 57.3 Å². The van der Waals surface area contributed by atoms with Crippen LogP contribution in [0.3, 0.4) is 0 Å². The molecule has 0 aliphatic carbocycles. The zero-order valence-corrected chi connectivity index (χ0v) is 19.5. The van der Waals surface area contributed by atoms with E-state index < -0.39 is 8.07 Å². The Morgan fingerprint density at radius 3 is 2.52 bits per heavy atom. The van der Waals surface area contributed by atoms with E-state index in [1.54, 1.807) is 18.2 Å². The highest BCUT2D eigenvalue weighted by Gasteiger charge is 2.18. The van der Waals surface area contributed by atoms with E-state index in [1.807, 2.05) is 0 Å². The fourth-order valence-electron chi connectivity index (χ4n) is 2.90. The van der Waals surface area contributed by atoms with E-state index in [0.717, 1.165) is 17.2 Å². The third-order valence-corrected chi connectivity index (χ3v) is 7.13. The maximum absolute atomic E-state index is 13.3. The van der Waals surface area contributed by atoms with Crippen LogP contribution in [0.4, 0.5) is 4.39 Å². The molecule has 5 nitrogen and oxygen atoms in total. The number of hydrogen-bond acceptors (Lipinski definition) is 4. The minimum Gasteiger partial charge on any atom is -0.494 e. The van der Waals surface area contributed by atoms with Crippen LogP contribution in [0.15, 0.2) is 45.9 Å². The molecule has 8 heteroatoms. The zero-order chi connectivity index (χ0) is 21.2. The third-order valence-electron chi connectivity index (χ3n) is 4.60. The summed E-state index contributed by atoms with van der Waals surface area (Å²) in [6, 6.07) is 8.90. The van der Waals surface area contributed by atoms with Crippen molar-refractivity contribution in [2.24, 2.45) is 0 Å². The minimum atomic E-state index is -1.20. The average Bonchev–Trinajstić information content (AvgIpc) is 2.67. The number of ether oxygens (including phenoxy) is 2. The first-order chi connectivity index (χ1) is 13.7. The molecule has 0 bridgehead atoms. The number of benzene rings is 2. The number of nitrogens with zero attached hydrogens (tertiary/aromatic N) is 2. The van der Waals surface area contributed by atoms with Gasteiger partial charge in [-0.15, -0.1) is 0 Å². The Hall–Kier alpha value is -2.03. The summed E-state index contributed by atoms with van der Waals surface area (Å²) in [5, 5.41) is 0.403. The van der Waals surface area contributed by atoms with Gasteiger partial charge in [-0.2, -0.15) is 0 Å². The summed E-state index contributed by atoms with van der Waals surface area (Å²) in [5.41, 5.74) is 1.73. The minimum absolute atomic E-state index is 0.141. The molecule has 0 fully saturated rings. The van der Waals surface area contributed by atoms with E-state index in [2.05, 4.69) is 40.6 Å². The van der Waals surface area contributed by atoms with Gasteiger partial charge in [-0.05, 0) is 45.7 Å². The summed E-state index contributed by atoms with van der Waals surface area (Å²) < 4.78 is 26.6. The van der Waals surface area contributed by atoms with Crippen molar-refractivity contribution >= 4 is 34.9 Å². The van der Waals surface area contributed by atoms with Crippen LogP contribution in [0.2, 0.25) is 25.7 Å². The molecule has 0 atom stereocenters. The highest BCUT2D eigenvalue weighted by molar-refractivity contribution is 9.10. The molecule has 0 amide bonds. The molecule has 0 radical (unpaired) electrons. The van der Waals surface area contributed by atoms with Crippen LogP contribution in [0.25, 0.3) is 22.0 Å². The summed E-state index contributed by atoms with van der Waals surface area (Å²) in [7, 11) is 0.330. The monoisotopic (exact) mass is 478 g/mol.